The number of methoxy groups -OCH3 is 10. The zero-order valence-corrected chi connectivity index (χ0v) is 42.0. The number of nitrogen functional groups attached to an aromatic ring is 1. The van der Waals surface area contributed by atoms with Gasteiger partial charge in [0.1, 0.15) is 34.8 Å². The standard InChI is InChI=1S/2C24H27N5O5S/c1-30-15-6-7-16(31-2)19(12-15)35-24-27-20-22(25)26-13-29(23(20)28-24)9-8-14-10-17(32-3)21(34-5)18(11-14)33-4;1-30-15-6-7-16(31-2)19(12-15)35-24-28-20-22(25)26-13-27-23(20)29(24)9-8-14-10-17(32-3)21(34-5)18(11-14)33-4/h6-7,10-13,25H,8-9H2,1-5H3,(H,27,28);6-7,10-13H,8-9H2,1-5H3,(H2,25,26,27). The van der Waals surface area contributed by atoms with Gasteiger partial charge in [0, 0.05) is 13.1 Å². The van der Waals surface area contributed by atoms with Crippen LogP contribution in [0.1, 0.15) is 11.1 Å². The van der Waals surface area contributed by atoms with E-state index in [9.17, 15) is 0 Å². The van der Waals surface area contributed by atoms with E-state index in [-0.39, 0.29) is 5.49 Å². The van der Waals surface area contributed by atoms with Crippen LogP contribution in [0.25, 0.3) is 22.3 Å². The molecule has 0 amide bonds. The number of nitrogens with zero attached hydrogens (tertiary/aromatic N) is 7. The van der Waals surface area contributed by atoms with Crippen LogP contribution in [-0.2, 0) is 25.9 Å². The van der Waals surface area contributed by atoms with Gasteiger partial charge in [0.25, 0.3) is 0 Å². The maximum Gasteiger partial charge on any atom is 0.203 e. The van der Waals surface area contributed by atoms with Gasteiger partial charge in [-0.25, -0.2) is 24.9 Å². The molecule has 0 radical (unpaired) electrons. The van der Waals surface area contributed by atoms with Crippen molar-refractivity contribution < 1.29 is 47.4 Å². The normalized spacial score (nSPS) is 10.9. The first-order valence-electron chi connectivity index (χ1n) is 21.4. The number of hydrogen-bond acceptors (Lipinski definition) is 19. The lowest BCUT2D eigenvalue weighted by Crippen LogP contribution is -2.13. The Bertz CT molecular complexity index is 3110. The van der Waals surface area contributed by atoms with Crippen molar-refractivity contribution in [3.63, 3.8) is 0 Å². The van der Waals surface area contributed by atoms with E-state index in [1.165, 1.54) is 29.9 Å². The van der Waals surface area contributed by atoms with Gasteiger partial charge in [-0.15, -0.1) is 0 Å². The molecule has 0 atom stereocenters. The van der Waals surface area contributed by atoms with Crippen molar-refractivity contribution >= 4 is 51.7 Å². The second kappa shape index (κ2) is 23.1. The highest BCUT2D eigenvalue weighted by Gasteiger charge is 2.21. The summed E-state index contributed by atoms with van der Waals surface area (Å²) in [6.45, 7) is 1.15. The molecule has 8 aromatic rings. The van der Waals surface area contributed by atoms with Crippen LogP contribution in [-0.4, -0.2) is 110 Å². The van der Waals surface area contributed by atoms with E-state index in [2.05, 4.69) is 19.9 Å². The number of imidazole rings is 2. The molecule has 4 N–H and O–H groups in total. The van der Waals surface area contributed by atoms with E-state index in [1.54, 1.807) is 77.4 Å². The van der Waals surface area contributed by atoms with Crippen LogP contribution < -0.4 is 58.6 Å². The zero-order chi connectivity index (χ0) is 49.9. The van der Waals surface area contributed by atoms with E-state index in [1.807, 2.05) is 69.8 Å². The van der Waals surface area contributed by atoms with Crippen LogP contribution in [0.5, 0.6) is 57.5 Å². The maximum atomic E-state index is 8.25. The predicted molar refractivity (Wildman–Crippen MR) is 264 cm³/mol. The van der Waals surface area contributed by atoms with Crippen LogP contribution in [0, 0.1) is 5.41 Å². The number of benzene rings is 4. The number of fused-ring (bicyclic) bond motifs is 2. The van der Waals surface area contributed by atoms with Gasteiger partial charge in [-0.1, -0.05) is 0 Å². The Balaban J connectivity index is 0.000000206. The number of ether oxygens (including phenoxy) is 10. The average molecular weight is 995 g/mol. The molecule has 0 saturated carbocycles. The average Bonchev–Trinajstić information content (AvgIpc) is 3.99. The first-order valence-corrected chi connectivity index (χ1v) is 23.0. The van der Waals surface area contributed by atoms with Crippen LogP contribution in [0.2, 0.25) is 0 Å². The van der Waals surface area contributed by atoms with Crippen molar-refractivity contribution in [2.24, 2.45) is 0 Å². The summed E-state index contributed by atoms with van der Waals surface area (Å²) in [5.74, 6) is 6.66. The molecule has 22 heteroatoms. The third-order valence-corrected chi connectivity index (χ3v) is 12.8. The van der Waals surface area contributed by atoms with Gasteiger partial charge >= 0.3 is 0 Å². The van der Waals surface area contributed by atoms with Crippen molar-refractivity contribution in [3.8, 4) is 57.5 Å². The molecule has 0 aliphatic heterocycles. The fraction of sp³-hybridized carbons (Fsp3) is 0.292. The molecule has 70 heavy (non-hydrogen) atoms. The smallest absolute Gasteiger partial charge is 0.203 e. The molecule has 4 aromatic heterocycles. The Morgan fingerprint density at radius 2 is 1.07 bits per heavy atom. The molecule has 4 heterocycles. The molecule has 0 bridgehead atoms. The molecule has 0 aliphatic carbocycles. The van der Waals surface area contributed by atoms with Crippen molar-refractivity contribution in [1.29, 1.82) is 5.41 Å². The Kier molecular flexibility index (Phi) is 16.5. The summed E-state index contributed by atoms with van der Waals surface area (Å²) in [6.07, 6.45) is 4.38. The summed E-state index contributed by atoms with van der Waals surface area (Å²) in [6, 6.07) is 18.9. The molecule has 0 unspecified atom stereocenters. The summed E-state index contributed by atoms with van der Waals surface area (Å²) >= 11 is 2.84. The Morgan fingerprint density at radius 1 is 0.557 bits per heavy atom. The number of aromatic amines is 1. The number of rotatable bonds is 20. The lowest BCUT2D eigenvalue weighted by Gasteiger charge is -2.15. The minimum absolute atomic E-state index is 0.126. The topological polar surface area (TPSA) is 232 Å². The van der Waals surface area contributed by atoms with Gasteiger partial charge < -0.3 is 67.2 Å². The molecule has 0 fully saturated rings. The number of aryl methyl sites for hydroxylation is 4. The summed E-state index contributed by atoms with van der Waals surface area (Å²) in [7, 11) is 16.0. The number of nitrogens with two attached hydrogens (primary N) is 1. The molecule has 4 aromatic carbocycles. The molecule has 0 aliphatic rings. The molecule has 8 rings (SSSR count). The lowest BCUT2D eigenvalue weighted by molar-refractivity contribution is 0.323. The van der Waals surface area contributed by atoms with Crippen molar-refractivity contribution in [2.45, 2.75) is 46.0 Å². The van der Waals surface area contributed by atoms with Crippen LogP contribution in [0.15, 0.2) is 93.4 Å². The molecule has 20 nitrogen and oxygen atoms in total. The Labute approximate surface area is 412 Å². The van der Waals surface area contributed by atoms with E-state index in [0.717, 1.165) is 20.9 Å². The second-order valence-corrected chi connectivity index (χ2v) is 16.8. The van der Waals surface area contributed by atoms with Crippen molar-refractivity contribution in [2.75, 3.05) is 76.8 Å². The third kappa shape index (κ3) is 10.9. The van der Waals surface area contributed by atoms with Crippen LogP contribution >= 0.6 is 23.5 Å². The minimum atomic E-state index is 0.126. The minimum Gasteiger partial charge on any atom is -0.497 e. The van der Waals surface area contributed by atoms with Crippen LogP contribution in [0.3, 0.4) is 0 Å². The monoisotopic (exact) mass is 994 g/mol. The van der Waals surface area contributed by atoms with Gasteiger partial charge in [0.05, 0.1) is 87.2 Å². The first kappa shape index (κ1) is 50.2. The molecule has 0 saturated heterocycles. The van der Waals surface area contributed by atoms with Gasteiger partial charge in [0.15, 0.2) is 61.4 Å². The fourth-order valence-corrected chi connectivity index (χ4v) is 9.34. The van der Waals surface area contributed by atoms with Crippen molar-refractivity contribution in [1.82, 2.24) is 39.0 Å². The number of anilines is 1. The second-order valence-electron chi connectivity index (χ2n) is 14.8. The summed E-state index contributed by atoms with van der Waals surface area (Å²) in [5, 5.41) is 9.57. The first-order chi connectivity index (χ1) is 34.0. The van der Waals surface area contributed by atoms with E-state index < -0.39 is 0 Å². The molecular weight excluding hydrogens is 941 g/mol. The summed E-state index contributed by atoms with van der Waals surface area (Å²) in [5.41, 5.74) is 10.6. The fourth-order valence-electron chi connectivity index (χ4n) is 7.37. The quantitative estimate of drug-likeness (QED) is 0.0670. The Hall–Kier alpha value is -7.72. The van der Waals surface area contributed by atoms with E-state index >= 15 is 0 Å². The highest BCUT2D eigenvalue weighted by molar-refractivity contribution is 7.99. The van der Waals surface area contributed by atoms with Crippen molar-refractivity contribution in [3.05, 3.63) is 89.9 Å². The van der Waals surface area contributed by atoms with Gasteiger partial charge in [-0.05, 0) is 108 Å². The number of nitrogens with one attached hydrogen (secondary N) is 2. The van der Waals surface area contributed by atoms with E-state index in [4.69, 9.17) is 68.5 Å². The number of aromatic nitrogens is 8. The number of H-pyrrole nitrogens is 1. The van der Waals surface area contributed by atoms with Crippen LogP contribution in [0.4, 0.5) is 5.82 Å². The van der Waals surface area contributed by atoms with E-state index in [0.29, 0.717) is 122 Å². The van der Waals surface area contributed by atoms with Gasteiger partial charge in [-0.2, -0.15) is 0 Å². The predicted octanol–water partition coefficient (Wildman–Crippen LogP) is 7.52. The lowest BCUT2D eigenvalue weighted by atomic mass is 10.1. The summed E-state index contributed by atoms with van der Waals surface area (Å²) < 4.78 is 58.5. The largest absolute Gasteiger partial charge is 0.497 e. The highest BCUT2D eigenvalue weighted by atomic mass is 32.2. The maximum absolute atomic E-state index is 8.25. The van der Waals surface area contributed by atoms with Gasteiger partial charge in [-0.3, -0.25) is 5.41 Å². The molecular formula is C48H54N10O10S2. The third-order valence-electron chi connectivity index (χ3n) is 10.9. The summed E-state index contributed by atoms with van der Waals surface area (Å²) in [4.78, 5) is 27.2. The highest BCUT2D eigenvalue weighted by Crippen LogP contribution is 2.42. The SMILES string of the molecule is COc1ccc(OC)c(Sc2nc3c(N)ncnc3n2CCc2cc(OC)c(OC)c(OC)c2)c1.COc1ccc(OC)c(Sc2nc3c([nH]2)c(=N)ncn3CCc2cc(OC)c(OC)c(OC)c2)c1. The molecule has 368 valence electrons. The van der Waals surface area contributed by atoms with Gasteiger partial charge in [0.2, 0.25) is 11.5 Å². The number of hydrogen-bond donors (Lipinski definition) is 3. The Morgan fingerprint density at radius 3 is 1.57 bits per heavy atom. The molecule has 0 spiro atoms. The zero-order valence-electron chi connectivity index (χ0n) is 40.4.